The largest absolute Gasteiger partial charge is 0.371 e. The molecule has 3 aliphatic rings. The lowest BCUT2D eigenvalue weighted by molar-refractivity contribution is -0.132. The number of hydrogen-bond acceptors (Lipinski definition) is 4. The first-order valence-corrected chi connectivity index (χ1v) is 15.3. The van der Waals surface area contributed by atoms with Gasteiger partial charge in [-0.2, -0.15) is 12.8 Å². The average Bonchev–Trinajstić information content (AvgIpc) is 3.24. The first kappa shape index (κ1) is 26.7. The Labute approximate surface area is 239 Å². The van der Waals surface area contributed by atoms with Crippen LogP contribution < -0.4 is 0 Å². The van der Waals surface area contributed by atoms with Crippen molar-refractivity contribution in [2.45, 2.75) is 36.2 Å². The van der Waals surface area contributed by atoms with Gasteiger partial charge in [0, 0.05) is 40.8 Å². The van der Waals surface area contributed by atoms with Crippen LogP contribution in [0.5, 0.6) is 0 Å². The number of nitrogens with zero attached hydrogens (tertiary/aromatic N) is 1. The Bertz CT molecular complexity index is 1560. The summed E-state index contributed by atoms with van der Waals surface area (Å²) in [4.78, 5) is 14.4. The van der Waals surface area contributed by atoms with Crippen LogP contribution in [0.15, 0.2) is 88.2 Å². The number of sulfonamides is 1. The van der Waals surface area contributed by atoms with Gasteiger partial charge in [-0.15, -0.1) is 0 Å². The molecule has 0 amide bonds. The summed E-state index contributed by atoms with van der Waals surface area (Å²) in [5, 5.41) is 1.22. The second-order valence-electron chi connectivity index (χ2n) is 11.0. The molecule has 8 heteroatoms. The topological polar surface area (TPSA) is 72.8 Å². The highest BCUT2D eigenvalue weighted by atomic mass is 35.5. The molecule has 0 radical (unpaired) electrons. The standard InChI is InChI=1S/C31H29Cl2NO4S/c1-17-24(19-9-13-21(32)14-10-19)28-29(35)25(17)26-18(2)27(20-11-15-22(33)16-12-20)31(28,38-3)30(26)34-39(36,37)23-7-5-4-6-8-23/h4-18,24-28H,1-3H3/b34-30+. The molecular weight excluding hydrogens is 553 g/mol. The molecule has 8 unspecified atom stereocenters. The Balaban J connectivity index is 1.63. The maximum absolute atomic E-state index is 14.3. The van der Waals surface area contributed by atoms with Gasteiger partial charge >= 0.3 is 0 Å². The Kier molecular flexibility index (Phi) is 6.54. The maximum atomic E-state index is 14.3. The predicted molar refractivity (Wildman–Crippen MR) is 153 cm³/mol. The molecule has 0 spiro atoms. The molecule has 3 aliphatic carbocycles. The van der Waals surface area contributed by atoms with Crippen molar-refractivity contribution in [3.05, 3.63) is 100 Å². The van der Waals surface area contributed by atoms with Crippen LogP contribution in [0, 0.1) is 29.6 Å². The van der Waals surface area contributed by atoms with E-state index in [0.717, 1.165) is 11.1 Å². The number of fused-ring (bicyclic) bond motifs is 6. The zero-order chi connectivity index (χ0) is 27.7. The van der Waals surface area contributed by atoms with Gasteiger partial charge in [-0.05, 0) is 59.4 Å². The molecule has 0 saturated heterocycles. The summed E-state index contributed by atoms with van der Waals surface area (Å²) in [6.07, 6.45) is 0. The van der Waals surface area contributed by atoms with Crippen LogP contribution in [0.25, 0.3) is 0 Å². The van der Waals surface area contributed by atoms with E-state index in [1.54, 1.807) is 37.4 Å². The molecule has 3 aromatic carbocycles. The maximum Gasteiger partial charge on any atom is 0.282 e. The number of Topliss-reactive ketones (excluding diaryl/α,β-unsaturated/α-hetero) is 1. The van der Waals surface area contributed by atoms with Gasteiger partial charge in [0.15, 0.2) is 0 Å². The van der Waals surface area contributed by atoms with Gasteiger partial charge in [0.05, 0.1) is 16.5 Å². The normalized spacial score (nSPS) is 34.5. The van der Waals surface area contributed by atoms with E-state index in [9.17, 15) is 13.2 Å². The quantitative estimate of drug-likeness (QED) is 0.332. The van der Waals surface area contributed by atoms with E-state index in [1.807, 2.05) is 48.5 Å². The van der Waals surface area contributed by atoms with Crippen molar-refractivity contribution in [2.24, 2.45) is 34.0 Å². The second-order valence-corrected chi connectivity index (χ2v) is 13.5. The molecule has 0 aliphatic heterocycles. The van der Waals surface area contributed by atoms with Crippen LogP contribution in [-0.4, -0.2) is 32.6 Å². The number of ether oxygens (including phenoxy) is 1. The van der Waals surface area contributed by atoms with Gasteiger partial charge in [-0.25, -0.2) is 0 Å². The molecule has 0 heterocycles. The monoisotopic (exact) mass is 581 g/mol. The third-order valence-corrected chi connectivity index (χ3v) is 11.1. The van der Waals surface area contributed by atoms with Crippen LogP contribution in [-0.2, 0) is 19.6 Å². The van der Waals surface area contributed by atoms with Gasteiger partial charge in [0.2, 0.25) is 0 Å². The number of halogens is 2. The fourth-order valence-corrected chi connectivity index (χ4v) is 9.32. The molecule has 5 nitrogen and oxygen atoms in total. The SMILES string of the molecule is COC12/C(=N/S(=O)(=O)c3ccccc3)C(C(C)C1c1ccc(Cl)cc1)C1C(=O)C2C(c2ccc(Cl)cc2)C1C. The van der Waals surface area contributed by atoms with E-state index in [2.05, 4.69) is 18.2 Å². The van der Waals surface area contributed by atoms with E-state index < -0.39 is 21.5 Å². The van der Waals surface area contributed by atoms with Gasteiger partial charge < -0.3 is 4.74 Å². The van der Waals surface area contributed by atoms with Crippen molar-refractivity contribution in [3.63, 3.8) is 0 Å². The van der Waals surface area contributed by atoms with Gasteiger partial charge in [-0.1, -0.05) is 79.5 Å². The summed E-state index contributed by atoms with van der Waals surface area (Å²) in [5.41, 5.74) is 1.15. The van der Waals surface area contributed by atoms with Crippen LogP contribution in [0.1, 0.15) is 36.8 Å². The molecule has 202 valence electrons. The first-order valence-electron chi connectivity index (χ1n) is 13.1. The summed E-state index contributed by atoms with van der Waals surface area (Å²) >= 11 is 12.5. The minimum Gasteiger partial charge on any atom is -0.371 e. The van der Waals surface area contributed by atoms with E-state index in [-0.39, 0.29) is 46.2 Å². The zero-order valence-corrected chi connectivity index (χ0v) is 24.1. The molecule has 8 atom stereocenters. The lowest BCUT2D eigenvalue weighted by Gasteiger charge is -2.43. The molecule has 0 N–H and O–H groups in total. The Morgan fingerprint density at radius 2 is 1.31 bits per heavy atom. The van der Waals surface area contributed by atoms with Crippen LogP contribution in [0.3, 0.4) is 0 Å². The Morgan fingerprint density at radius 1 is 0.744 bits per heavy atom. The third kappa shape index (κ3) is 3.86. The number of ketones is 1. The van der Waals surface area contributed by atoms with Gasteiger partial charge in [-0.3, -0.25) is 4.79 Å². The number of carbonyl (C=O) groups is 1. The summed E-state index contributed by atoms with van der Waals surface area (Å²) < 4.78 is 38.4. The number of hydrogen-bond donors (Lipinski definition) is 0. The van der Waals surface area contributed by atoms with Crippen LogP contribution >= 0.6 is 23.2 Å². The van der Waals surface area contributed by atoms with Crippen molar-refractivity contribution in [2.75, 3.05) is 7.11 Å². The molecular formula is C31H29Cl2NO4S. The van der Waals surface area contributed by atoms with E-state index >= 15 is 0 Å². The Hall–Kier alpha value is -2.51. The summed E-state index contributed by atoms with van der Waals surface area (Å²) in [7, 11) is -2.47. The highest BCUT2D eigenvalue weighted by Crippen LogP contribution is 2.68. The summed E-state index contributed by atoms with van der Waals surface area (Å²) in [5.74, 6) is -1.88. The minimum absolute atomic E-state index is 0.0380. The summed E-state index contributed by atoms with van der Waals surface area (Å²) in [6, 6.07) is 23.4. The number of methoxy groups -OCH3 is 1. The molecule has 4 bridgehead atoms. The van der Waals surface area contributed by atoms with Gasteiger partial charge in [0.1, 0.15) is 11.4 Å². The Morgan fingerprint density at radius 3 is 1.87 bits per heavy atom. The van der Waals surface area contributed by atoms with E-state index in [0.29, 0.717) is 15.8 Å². The molecule has 3 aromatic rings. The van der Waals surface area contributed by atoms with Crippen molar-refractivity contribution < 1.29 is 17.9 Å². The third-order valence-electron chi connectivity index (χ3n) is 9.33. The minimum atomic E-state index is -4.05. The molecule has 3 fully saturated rings. The zero-order valence-electron chi connectivity index (χ0n) is 21.8. The van der Waals surface area contributed by atoms with Crippen molar-refractivity contribution in [3.8, 4) is 0 Å². The molecule has 6 rings (SSSR count). The number of rotatable bonds is 5. The number of carbonyl (C=O) groups excluding carboxylic acids is 1. The van der Waals surface area contributed by atoms with Crippen LogP contribution in [0.4, 0.5) is 0 Å². The second kappa shape index (κ2) is 9.55. The van der Waals surface area contributed by atoms with E-state index in [1.165, 1.54) is 0 Å². The van der Waals surface area contributed by atoms with Crippen molar-refractivity contribution in [1.29, 1.82) is 0 Å². The van der Waals surface area contributed by atoms with Gasteiger partial charge in [0.25, 0.3) is 10.0 Å². The fourth-order valence-electron chi connectivity index (χ4n) is 7.94. The fraction of sp³-hybridized carbons (Fsp3) is 0.355. The molecule has 0 aromatic heterocycles. The highest BCUT2D eigenvalue weighted by molar-refractivity contribution is 7.90. The lowest BCUT2D eigenvalue weighted by Crippen LogP contribution is -2.56. The average molecular weight is 583 g/mol. The van der Waals surface area contributed by atoms with Crippen LogP contribution in [0.2, 0.25) is 10.0 Å². The highest BCUT2D eigenvalue weighted by Gasteiger charge is 2.75. The smallest absolute Gasteiger partial charge is 0.282 e. The summed E-state index contributed by atoms with van der Waals surface area (Å²) in [6.45, 7) is 4.19. The molecule has 3 saturated carbocycles. The van der Waals surface area contributed by atoms with Crippen molar-refractivity contribution >= 4 is 44.7 Å². The molecule has 39 heavy (non-hydrogen) atoms. The lowest BCUT2D eigenvalue weighted by atomic mass is 9.66. The first-order chi connectivity index (χ1) is 18.6. The van der Waals surface area contributed by atoms with Crippen molar-refractivity contribution in [1.82, 2.24) is 0 Å². The number of benzene rings is 3. The van der Waals surface area contributed by atoms with E-state index in [4.69, 9.17) is 27.9 Å². The predicted octanol–water partition coefficient (Wildman–Crippen LogP) is 6.81.